The van der Waals surface area contributed by atoms with E-state index < -0.39 is 0 Å². The standard InChI is InChI=1S/C19H18N2O3S/c1-12-7-4-5-9-14(12)18(23)20-19-21(11-16(22)24-3)17-13(2)8-6-10-15(17)25-19/h4-10H,11H2,1-3H3. The van der Waals surface area contributed by atoms with Crippen molar-refractivity contribution in [3.63, 3.8) is 0 Å². The second-order valence-electron chi connectivity index (χ2n) is 5.70. The monoisotopic (exact) mass is 354 g/mol. The van der Waals surface area contributed by atoms with Gasteiger partial charge in [0.15, 0.2) is 4.80 Å². The van der Waals surface area contributed by atoms with E-state index in [1.165, 1.54) is 18.4 Å². The Hall–Kier alpha value is -2.73. The van der Waals surface area contributed by atoms with E-state index in [4.69, 9.17) is 4.74 Å². The molecular formula is C19H18N2O3S. The zero-order chi connectivity index (χ0) is 18.0. The molecule has 5 nitrogen and oxygen atoms in total. The molecule has 0 atom stereocenters. The minimum absolute atomic E-state index is 0.0151. The summed E-state index contributed by atoms with van der Waals surface area (Å²) in [5.41, 5.74) is 3.34. The van der Waals surface area contributed by atoms with Gasteiger partial charge in [-0.3, -0.25) is 9.59 Å². The average molecular weight is 354 g/mol. The number of methoxy groups -OCH3 is 1. The van der Waals surface area contributed by atoms with E-state index in [0.29, 0.717) is 10.4 Å². The van der Waals surface area contributed by atoms with Gasteiger partial charge in [-0.15, -0.1) is 0 Å². The fourth-order valence-corrected chi connectivity index (χ4v) is 3.80. The lowest BCUT2D eigenvalue weighted by molar-refractivity contribution is -0.141. The molecule has 1 amide bonds. The van der Waals surface area contributed by atoms with Crippen molar-refractivity contribution in [3.8, 4) is 0 Å². The lowest BCUT2D eigenvalue weighted by Crippen LogP contribution is -2.22. The van der Waals surface area contributed by atoms with Gasteiger partial charge in [0, 0.05) is 5.56 Å². The molecule has 0 unspecified atom stereocenters. The molecule has 25 heavy (non-hydrogen) atoms. The van der Waals surface area contributed by atoms with Gasteiger partial charge < -0.3 is 9.30 Å². The van der Waals surface area contributed by atoms with Crippen LogP contribution in [0.2, 0.25) is 0 Å². The second-order valence-corrected chi connectivity index (χ2v) is 6.71. The minimum Gasteiger partial charge on any atom is -0.468 e. The maximum absolute atomic E-state index is 12.6. The first-order valence-corrected chi connectivity index (χ1v) is 8.63. The van der Waals surface area contributed by atoms with Crippen molar-refractivity contribution in [1.29, 1.82) is 0 Å². The number of aromatic nitrogens is 1. The topological polar surface area (TPSA) is 60.7 Å². The molecule has 128 valence electrons. The molecule has 0 bridgehead atoms. The van der Waals surface area contributed by atoms with Crippen LogP contribution in [-0.4, -0.2) is 23.6 Å². The van der Waals surface area contributed by atoms with Gasteiger partial charge in [-0.05, 0) is 37.1 Å². The number of fused-ring (bicyclic) bond motifs is 1. The van der Waals surface area contributed by atoms with Crippen LogP contribution in [0.4, 0.5) is 0 Å². The van der Waals surface area contributed by atoms with E-state index in [2.05, 4.69) is 4.99 Å². The third-order valence-corrected chi connectivity index (χ3v) is 5.03. The molecule has 3 rings (SSSR count). The van der Waals surface area contributed by atoms with Crippen LogP contribution in [0, 0.1) is 13.8 Å². The van der Waals surface area contributed by atoms with Crippen LogP contribution >= 0.6 is 11.3 Å². The Morgan fingerprint density at radius 2 is 1.80 bits per heavy atom. The molecule has 0 spiro atoms. The first-order chi connectivity index (χ1) is 12.0. The maximum Gasteiger partial charge on any atom is 0.325 e. The highest BCUT2D eigenvalue weighted by Crippen LogP contribution is 2.21. The Kier molecular flexibility index (Phi) is 4.81. The molecule has 0 N–H and O–H groups in total. The van der Waals surface area contributed by atoms with E-state index in [-0.39, 0.29) is 18.4 Å². The Labute approximate surface area is 149 Å². The molecule has 0 fully saturated rings. The average Bonchev–Trinajstić information content (AvgIpc) is 2.93. The highest BCUT2D eigenvalue weighted by atomic mass is 32.1. The molecule has 0 aliphatic heterocycles. The van der Waals surface area contributed by atoms with Gasteiger partial charge in [0.2, 0.25) is 0 Å². The number of amides is 1. The number of para-hydroxylation sites is 1. The van der Waals surface area contributed by atoms with Gasteiger partial charge >= 0.3 is 5.97 Å². The highest BCUT2D eigenvalue weighted by Gasteiger charge is 2.14. The summed E-state index contributed by atoms with van der Waals surface area (Å²) in [6.07, 6.45) is 0. The summed E-state index contributed by atoms with van der Waals surface area (Å²) in [4.78, 5) is 29.2. The van der Waals surface area contributed by atoms with Crippen LogP contribution in [0.1, 0.15) is 21.5 Å². The fraction of sp³-hybridized carbons (Fsp3) is 0.211. The molecule has 6 heteroatoms. The fourth-order valence-electron chi connectivity index (χ4n) is 2.69. The Bertz CT molecular complexity index is 1030. The van der Waals surface area contributed by atoms with Gasteiger partial charge in [-0.25, -0.2) is 0 Å². The molecule has 3 aromatic rings. The molecule has 1 heterocycles. The predicted molar refractivity (Wildman–Crippen MR) is 97.6 cm³/mol. The number of benzene rings is 2. The summed E-state index contributed by atoms with van der Waals surface area (Å²) in [6.45, 7) is 3.86. The summed E-state index contributed by atoms with van der Waals surface area (Å²) >= 11 is 1.39. The van der Waals surface area contributed by atoms with Crippen molar-refractivity contribution < 1.29 is 14.3 Å². The minimum atomic E-state index is -0.382. The number of ether oxygens (including phenoxy) is 1. The van der Waals surface area contributed by atoms with Crippen LogP contribution < -0.4 is 4.80 Å². The number of rotatable bonds is 3. The van der Waals surface area contributed by atoms with E-state index in [1.807, 2.05) is 50.2 Å². The van der Waals surface area contributed by atoms with E-state index >= 15 is 0 Å². The van der Waals surface area contributed by atoms with Crippen LogP contribution in [0.3, 0.4) is 0 Å². The number of hydrogen-bond acceptors (Lipinski definition) is 4. The third kappa shape index (κ3) is 3.39. The summed E-state index contributed by atoms with van der Waals surface area (Å²) in [5, 5.41) is 0. The molecule has 1 aromatic heterocycles. The second kappa shape index (κ2) is 7.03. The zero-order valence-electron chi connectivity index (χ0n) is 14.3. The molecule has 0 saturated carbocycles. The Morgan fingerprint density at radius 1 is 1.08 bits per heavy atom. The summed E-state index contributed by atoms with van der Waals surface area (Å²) in [5.74, 6) is -0.700. The number of carbonyl (C=O) groups excluding carboxylic acids is 2. The van der Waals surface area contributed by atoms with Crippen LogP contribution in [0.25, 0.3) is 10.2 Å². The molecule has 0 radical (unpaired) electrons. The van der Waals surface area contributed by atoms with E-state index in [0.717, 1.165) is 21.3 Å². The zero-order valence-corrected chi connectivity index (χ0v) is 15.1. The summed E-state index contributed by atoms with van der Waals surface area (Å²) < 4.78 is 7.51. The van der Waals surface area contributed by atoms with Gasteiger partial charge in [-0.1, -0.05) is 41.7 Å². The van der Waals surface area contributed by atoms with Crippen molar-refractivity contribution >= 4 is 33.4 Å². The van der Waals surface area contributed by atoms with Gasteiger partial charge in [0.25, 0.3) is 5.91 Å². The Morgan fingerprint density at radius 3 is 2.52 bits per heavy atom. The smallest absolute Gasteiger partial charge is 0.325 e. The molecule has 0 saturated heterocycles. The first-order valence-electron chi connectivity index (χ1n) is 7.81. The van der Waals surface area contributed by atoms with Crippen LogP contribution in [-0.2, 0) is 16.1 Å². The SMILES string of the molecule is COC(=O)Cn1c(=NC(=O)c2ccccc2C)sc2cccc(C)c21. The number of carbonyl (C=O) groups is 2. The number of hydrogen-bond donors (Lipinski definition) is 0. The molecule has 0 aliphatic carbocycles. The number of esters is 1. The predicted octanol–water partition coefficient (Wildman–Crippen LogP) is 3.23. The van der Waals surface area contributed by atoms with E-state index in [9.17, 15) is 9.59 Å². The highest BCUT2D eigenvalue weighted by molar-refractivity contribution is 7.16. The summed E-state index contributed by atoms with van der Waals surface area (Å²) in [6, 6.07) is 13.2. The Balaban J connectivity index is 2.19. The normalized spacial score (nSPS) is 11.7. The summed E-state index contributed by atoms with van der Waals surface area (Å²) in [7, 11) is 1.35. The van der Waals surface area contributed by atoms with E-state index in [1.54, 1.807) is 10.6 Å². The number of aryl methyl sites for hydroxylation is 2. The molecule has 0 aliphatic rings. The molecule has 2 aromatic carbocycles. The van der Waals surface area contributed by atoms with Gasteiger partial charge in [0.05, 0.1) is 17.3 Å². The van der Waals surface area contributed by atoms with Crippen molar-refractivity contribution in [2.75, 3.05) is 7.11 Å². The van der Waals surface area contributed by atoms with Crippen molar-refractivity contribution in [2.24, 2.45) is 4.99 Å². The van der Waals surface area contributed by atoms with Crippen LogP contribution in [0.5, 0.6) is 0 Å². The molecular weight excluding hydrogens is 336 g/mol. The van der Waals surface area contributed by atoms with Crippen molar-refractivity contribution in [3.05, 3.63) is 64.0 Å². The van der Waals surface area contributed by atoms with Gasteiger partial charge in [0.1, 0.15) is 6.54 Å². The number of nitrogens with zero attached hydrogens (tertiary/aromatic N) is 2. The largest absolute Gasteiger partial charge is 0.468 e. The lowest BCUT2D eigenvalue weighted by Gasteiger charge is -2.06. The quantitative estimate of drug-likeness (QED) is 0.679. The third-order valence-electron chi connectivity index (χ3n) is 3.99. The maximum atomic E-state index is 12.6. The van der Waals surface area contributed by atoms with Gasteiger partial charge in [-0.2, -0.15) is 4.99 Å². The first kappa shape index (κ1) is 17.1. The number of thiazole rings is 1. The van der Waals surface area contributed by atoms with Crippen molar-refractivity contribution in [1.82, 2.24) is 4.57 Å². The lowest BCUT2D eigenvalue weighted by atomic mass is 10.1. The van der Waals surface area contributed by atoms with Crippen molar-refractivity contribution in [2.45, 2.75) is 20.4 Å². The van der Waals surface area contributed by atoms with Crippen LogP contribution in [0.15, 0.2) is 47.5 Å².